The Kier molecular flexibility index (Phi) is 4.27. The van der Waals surface area contributed by atoms with Gasteiger partial charge in [0.15, 0.2) is 0 Å². The van der Waals surface area contributed by atoms with Crippen LogP contribution in [0.25, 0.3) is 0 Å². The van der Waals surface area contributed by atoms with E-state index in [4.69, 9.17) is 21.9 Å². The summed E-state index contributed by atoms with van der Waals surface area (Å²) in [5.41, 5.74) is 7.01. The summed E-state index contributed by atoms with van der Waals surface area (Å²) in [6.45, 7) is 3.53. The minimum absolute atomic E-state index is 0.113. The van der Waals surface area contributed by atoms with Crippen molar-refractivity contribution in [2.45, 2.75) is 25.3 Å². The van der Waals surface area contributed by atoms with E-state index in [9.17, 15) is 8.42 Å². The minimum Gasteiger partial charge on any atom is -0.397 e. The van der Waals surface area contributed by atoms with E-state index in [2.05, 4.69) is 5.16 Å². The van der Waals surface area contributed by atoms with Crippen molar-refractivity contribution in [3.8, 4) is 0 Å². The Balaban J connectivity index is 2.35. The number of aryl methyl sites for hydroxylation is 2. The van der Waals surface area contributed by atoms with Crippen molar-refractivity contribution in [1.82, 2.24) is 9.46 Å². The molecule has 0 aliphatic carbocycles. The third-order valence-electron chi connectivity index (χ3n) is 3.04. The molecule has 0 bridgehead atoms. The average molecular weight is 330 g/mol. The van der Waals surface area contributed by atoms with Crippen LogP contribution < -0.4 is 5.73 Å². The number of hydrogen-bond acceptors (Lipinski definition) is 5. The number of hydrogen-bond donors (Lipinski definition) is 1. The summed E-state index contributed by atoms with van der Waals surface area (Å²) >= 11 is 5.89. The van der Waals surface area contributed by atoms with Gasteiger partial charge in [-0.05, 0) is 31.5 Å². The van der Waals surface area contributed by atoms with Gasteiger partial charge in [-0.15, -0.1) is 0 Å². The molecular formula is C13H16ClN3O3S. The van der Waals surface area contributed by atoms with E-state index in [0.29, 0.717) is 22.0 Å². The fourth-order valence-corrected chi connectivity index (χ4v) is 3.52. The monoisotopic (exact) mass is 329 g/mol. The lowest BCUT2D eigenvalue weighted by molar-refractivity contribution is 0.378. The molecular weight excluding hydrogens is 314 g/mol. The summed E-state index contributed by atoms with van der Waals surface area (Å²) in [6.07, 6.45) is 0. The topological polar surface area (TPSA) is 89.4 Å². The molecule has 8 heteroatoms. The Morgan fingerprint density at radius 3 is 2.57 bits per heavy atom. The van der Waals surface area contributed by atoms with Gasteiger partial charge in [0.1, 0.15) is 5.76 Å². The normalized spacial score (nSPS) is 12.0. The van der Waals surface area contributed by atoms with Crippen LogP contribution in [-0.4, -0.2) is 24.9 Å². The highest BCUT2D eigenvalue weighted by Crippen LogP contribution is 2.28. The Bertz CT molecular complexity index is 771. The Hall–Kier alpha value is -1.57. The molecule has 114 valence electrons. The quantitative estimate of drug-likeness (QED) is 0.870. The zero-order valence-electron chi connectivity index (χ0n) is 11.9. The number of aromatic nitrogens is 1. The second-order valence-electron chi connectivity index (χ2n) is 4.83. The molecule has 1 aromatic heterocycles. The Morgan fingerprint density at radius 2 is 2.00 bits per heavy atom. The maximum Gasteiger partial charge on any atom is 0.243 e. The molecule has 21 heavy (non-hydrogen) atoms. The lowest BCUT2D eigenvalue weighted by Crippen LogP contribution is -2.27. The van der Waals surface area contributed by atoms with Crippen LogP contribution in [0.15, 0.2) is 27.6 Å². The molecule has 2 aromatic rings. The van der Waals surface area contributed by atoms with Crippen LogP contribution in [0.4, 0.5) is 5.69 Å². The van der Waals surface area contributed by atoms with Crippen molar-refractivity contribution in [3.63, 3.8) is 0 Å². The predicted molar refractivity (Wildman–Crippen MR) is 80.5 cm³/mol. The fourth-order valence-electron chi connectivity index (χ4n) is 1.92. The van der Waals surface area contributed by atoms with Crippen molar-refractivity contribution in [2.24, 2.45) is 0 Å². The van der Waals surface area contributed by atoms with Crippen LogP contribution in [0.5, 0.6) is 0 Å². The summed E-state index contributed by atoms with van der Waals surface area (Å²) in [6, 6.07) is 4.60. The molecule has 1 aromatic carbocycles. The number of nitrogens with two attached hydrogens (primary N) is 1. The number of halogens is 1. The number of nitrogens with zero attached hydrogens (tertiary/aromatic N) is 2. The second-order valence-corrected chi connectivity index (χ2v) is 7.25. The number of sulfonamides is 1. The molecule has 0 saturated heterocycles. The van der Waals surface area contributed by atoms with Crippen LogP contribution in [-0.2, 0) is 16.6 Å². The van der Waals surface area contributed by atoms with Gasteiger partial charge in [-0.2, -0.15) is 4.31 Å². The SMILES string of the molecule is Cc1cc(CN(C)S(=O)(=O)c2cc(N)c(Cl)cc2C)no1. The molecule has 0 saturated carbocycles. The zero-order valence-corrected chi connectivity index (χ0v) is 13.5. The zero-order chi connectivity index (χ0) is 15.8. The van der Waals surface area contributed by atoms with Gasteiger partial charge < -0.3 is 10.3 Å². The molecule has 6 nitrogen and oxygen atoms in total. The molecule has 0 aliphatic heterocycles. The first-order valence-corrected chi connectivity index (χ1v) is 7.98. The highest BCUT2D eigenvalue weighted by Gasteiger charge is 2.24. The smallest absolute Gasteiger partial charge is 0.243 e. The maximum absolute atomic E-state index is 12.6. The highest BCUT2D eigenvalue weighted by atomic mass is 35.5. The van der Waals surface area contributed by atoms with Crippen LogP contribution in [0.1, 0.15) is 17.0 Å². The lowest BCUT2D eigenvalue weighted by atomic mass is 10.2. The molecule has 0 spiro atoms. The first-order chi connectivity index (χ1) is 9.71. The Labute approximate surface area is 128 Å². The minimum atomic E-state index is -3.68. The summed E-state index contributed by atoms with van der Waals surface area (Å²) in [5, 5.41) is 4.12. The van der Waals surface area contributed by atoms with E-state index in [0.717, 1.165) is 0 Å². The van der Waals surface area contributed by atoms with Crippen molar-refractivity contribution >= 4 is 27.3 Å². The number of nitrogen functional groups attached to an aromatic ring is 1. The largest absolute Gasteiger partial charge is 0.397 e. The van der Waals surface area contributed by atoms with E-state index >= 15 is 0 Å². The van der Waals surface area contributed by atoms with Gasteiger partial charge >= 0.3 is 0 Å². The van der Waals surface area contributed by atoms with Gasteiger partial charge in [0, 0.05) is 13.1 Å². The first-order valence-electron chi connectivity index (χ1n) is 6.16. The lowest BCUT2D eigenvalue weighted by Gasteiger charge is -2.18. The van der Waals surface area contributed by atoms with Gasteiger partial charge in [0.05, 0.1) is 27.8 Å². The highest BCUT2D eigenvalue weighted by molar-refractivity contribution is 7.89. The standard InChI is InChI=1S/C13H16ClN3O3S/c1-8-4-11(14)12(15)6-13(8)21(18,19)17(3)7-10-5-9(2)20-16-10/h4-6H,7,15H2,1-3H3. The molecule has 0 radical (unpaired) electrons. The first kappa shape index (κ1) is 15.8. The third-order valence-corrected chi connectivity index (χ3v) is 5.32. The molecule has 0 aliphatic rings. The van der Waals surface area contributed by atoms with Gasteiger partial charge in [-0.1, -0.05) is 16.8 Å². The van der Waals surface area contributed by atoms with Gasteiger partial charge in [0.2, 0.25) is 10.0 Å². The van der Waals surface area contributed by atoms with Crippen LogP contribution in [0.2, 0.25) is 5.02 Å². The van der Waals surface area contributed by atoms with Gasteiger partial charge in [-0.25, -0.2) is 8.42 Å². The Morgan fingerprint density at radius 1 is 1.33 bits per heavy atom. The van der Waals surface area contributed by atoms with Crippen molar-refractivity contribution < 1.29 is 12.9 Å². The second kappa shape index (κ2) is 5.67. The summed E-state index contributed by atoms with van der Waals surface area (Å²) in [5.74, 6) is 0.628. The fraction of sp³-hybridized carbons (Fsp3) is 0.308. The van der Waals surface area contributed by atoms with Crippen LogP contribution in [0, 0.1) is 13.8 Å². The van der Waals surface area contributed by atoms with E-state index < -0.39 is 10.0 Å². The number of benzene rings is 1. The van der Waals surface area contributed by atoms with Crippen LogP contribution >= 0.6 is 11.6 Å². The number of rotatable bonds is 4. The van der Waals surface area contributed by atoms with Crippen molar-refractivity contribution in [2.75, 3.05) is 12.8 Å². The molecule has 1 heterocycles. The van der Waals surface area contributed by atoms with Gasteiger partial charge in [-0.3, -0.25) is 0 Å². The molecule has 0 fully saturated rings. The van der Waals surface area contributed by atoms with Crippen LogP contribution in [0.3, 0.4) is 0 Å². The summed E-state index contributed by atoms with van der Waals surface area (Å²) < 4.78 is 31.3. The molecule has 0 amide bonds. The number of anilines is 1. The van der Waals surface area contributed by atoms with Gasteiger partial charge in [0.25, 0.3) is 0 Å². The predicted octanol–water partition coefficient (Wildman–Crippen LogP) is 2.35. The van der Waals surface area contributed by atoms with Crippen molar-refractivity contribution in [3.05, 3.63) is 40.2 Å². The van der Waals surface area contributed by atoms with E-state index in [-0.39, 0.29) is 17.1 Å². The maximum atomic E-state index is 12.6. The third kappa shape index (κ3) is 3.20. The van der Waals surface area contributed by atoms with E-state index in [1.807, 2.05) is 0 Å². The molecule has 2 rings (SSSR count). The molecule has 0 unspecified atom stereocenters. The average Bonchev–Trinajstić information content (AvgIpc) is 2.79. The van der Waals surface area contributed by atoms with E-state index in [1.54, 1.807) is 19.9 Å². The molecule has 2 N–H and O–H groups in total. The summed E-state index contributed by atoms with van der Waals surface area (Å²) in [7, 11) is -2.21. The summed E-state index contributed by atoms with van der Waals surface area (Å²) in [4.78, 5) is 0.132. The van der Waals surface area contributed by atoms with E-state index in [1.165, 1.54) is 23.5 Å². The van der Waals surface area contributed by atoms with Crippen molar-refractivity contribution in [1.29, 1.82) is 0 Å². The molecule has 0 atom stereocenters.